The van der Waals surface area contributed by atoms with Gasteiger partial charge in [0.2, 0.25) is 0 Å². The van der Waals surface area contributed by atoms with Crippen molar-refractivity contribution in [3.05, 3.63) is 48.8 Å². The Balaban J connectivity index is 1.57. The SMILES string of the molecule is O=C(Nc1ccc(N2CCCCC2)cc1)Nc1cccnc1. The van der Waals surface area contributed by atoms with E-state index in [4.69, 9.17) is 0 Å². The molecule has 5 nitrogen and oxygen atoms in total. The Morgan fingerprint density at radius 1 is 0.955 bits per heavy atom. The molecule has 1 aromatic heterocycles. The monoisotopic (exact) mass is 296 g/mol. The van der Waals surface area contributed by atoms with Crippen LogP contribution in [0.4, 0.5) is 21.9 Å². The molecule has 1 aromatic carbocycles. The molecule has 0 unspecified atom stereocenters. The number of urea groups is 1. The van der Waals surface area contributed by atoms with Crippen molar-refractivity contribution in [2.45, 2.75) is 19.3 Å². The van der Waals surface area contributed by atoms with E-state index in [0.717, 1.165) is 18.8 Å². The zero-order valence-electron chi connectivity index (χ0n) is 12.5. The van der Waals surface area contributed by atoms with E-state index in [1.54, 1.807) is 24.5 Å². The zero-order chi connectivity index (χ0) is 15.2. The molecule has 0 atom stereocenters. The van der Waals surface area contributed by atoms with Gasteiger partial charge < -0.3 is 15.5 Å². The molecule has 22 heavy (non-hydrogen) atoms. The van der Waals surface area contributed by atoms with Gasteiger partial charge in [0.05, 0.1) is 11.9 Å². The number of hydrogen-bond acceptors (Lipinski definition) is 3. The molecular weight excluding hydrogens is 276 g/mol. The van der Waals surface area contributed by atoms with Crippen molar-refractivity contribution >= 4 is 23.1 Å². The molecular formula is C17H20N4O. The lowest BCUT2D eigenvalue weighted by molar-refractivity contribution is 0.262. The van der Waals surface area contributed by atoms with Crippen LogP contribution in [0, 0.1) is 0 Å². The fraction of sp³-hybridized carbons (Fsp3) is 0.294. The third-order valence-corrected chi connectivity index (χ3v) is 3.77. The van der Waals surface area contributed by atoms with E-state index in [-0.39, 0.29) is 6.03 Å². The van der Waals surface area contributed by atoms with Crippen molar-refractivity contribution in [3.8, 4) is 0 Å². The minimum atomic E-state index is -0.265. The lowest BCUT2D eigenvalue weighted by Crippen LogP contribution is -2.29. The van der Waals surface area contributed by atoms with Gasteiger partial charge in [-0.25, -0.2) is 4.79 Å². The second kappa shape index (κ2) is 6.93. The van der Waals surface area contributed by atoms with Crippen LogP contribution in [0.3, 0.4) is 0 Å². The summed E-state index contributed by atoms with van der Waals surface area (Å²) in [7, 11) is 0. The molecule has 2 aromatic rings. The summed E-state index contributed by atoms with van der Waals surface area (Å²) in [4.78, 5) is 18.3. The summed E-state index contributed by atoms with van der Waals surface area (Å²) in [5.74, 6) is 0. The highest BCUT2D eigenvalue weighted by atomic mass is 16.2. The number of anilines is 3. The summed E-state index contributed by atoms with van der Waals surface area (Å²) >= 11 is 0. The van der Waals surface area contributed by atoms with Crippen molar-refractivity contribution in [3.63, 3.8) is 0 Å². The van der Waals surface area contributed by atoms with Gasteiger partial charge in [-0.2, -0.15) is 0 Å². The number of benzene rings is 1. The molecule has 3 rings (SSSR count). The second-order valence-corrected chi connectivity index (χ2v) is 5.42. The van der Waals surface area contributed by atoms with Gasteiger partial charge in [0.15, 0.2) is 0 Å². The van der Waals surface area contributed by atoms with Gasteiger partial charge in [-0.15, -0.1) is 0 Å². The Labute approximate surface area is 130 Å². The molecule has 2 heterocycles. The average molecular weight is 296 g/mol. The highest BCUT2D eigenvalue weighted by molar-refractivity contribution is 5.99. The van der Waals surface area contributed by atoms with Crippen molar-refractivity contribution in [1.29, 1.82) is 0 Å². The molecule has 0 bridgehead atoms. The standard InChI is InChI=1S/C17H20N4O/c22-17(20-15-5-4-10-18-13-15)19-14-6-8-16(9-7-14)21-11-2-1-3-12-21/h4-10,13H,1-3,11-12H2,(H2,19,20,22). The summed E-state index contributed by atoms with van der Waals surface area (Å²) in [6.07, 6.45) is 7.12. The minimum absolute atomic E-state index is 0.265. The number of nitrogens with one attached hydrogen (secondary N) is 2. The molecule has 0 radical (unpaired) electrons. The van der Waals surface area contributed by atoms with Crippen LogP contribution in [0.25, 0.3) is 0 Å². The Hall–Kier alpha value is -2.56. The molecule has 0 spiro atoms. The summed E-state index contributed by atoms with van der Waals surface area (Å²) in [5.41, 5.74) is 2.67. The normalized spacial score (nSPS) is 14.5. The average Bonchev–Trinajstić information content (AvgIpc) is 2.57. The fourth-order valence-electron chi connectivity index (χ4n) is 2.64. The number of nitrogens with zero attached hydrogens (tertiary/aromatic N) is 2. The second-order valence-electron chi connectivity index (χ2n) is 5.42. The van der Waals surface area contributed by atoms with Crippen molar-refractivity contribution in [2.75, 3.05) is 28.6 Å². The van der Waals surface area contributed by atoms with Crippen molar-refractivity contribution in [1.82, 2.24) is 4.98 Å². The Bertz CT molecular complexity index is 606. The largest absolute Gasteiger partial charge is 0.372 e. The number of amides is 2. The van der Waals surface area contributed by atoms with Crippen LogP contribution in [0.15, 0.2) is 48.8 Å². The maximum atomic E-state index is 11.9. The van der Waals surface area contributed by atoms with Crippen LogP contribution >= 0.6 is 0 Å². The van der Waals surface area contributed by atoms with Crippen LogP contribution in [-0.4, -0.2) is 24.1 Å². The number of aromatic nitrogens is 1. The molecule has 1 aliphatic rings. The molecule has 0 saturated carbocycles. The van der Waals surface area contributed by atoms with Gasteiger partial charge in [0, 0.05) is 30.7 Å². The quantitative estimate of drug-likeness (QED) is 0.907. The van der Waals surface area contributed by atoms with Gasteiger partial charge in [0.25, 0.3) is 0 Å². The van der Waals surface area contributed by atoms with E-state index in [1.807, 2.05) is 12.1 Å². The van der Waals surface area contributed by atoms with Crippen LogP contribution < -0.4 is 15.5 Å². The predicted octanol–water partition coefficient (Wildman–Crippen LogP) is 3.72. The van der Waals surface area contributed by atoms with Gasteiger partial charge in [-0.05, 0) is 55.7 Å². The lowest BCUT2D eigenvalue weighted by atomic mass is 10.1. The summed E-state index contributed by atoms with van der Waals surface area (Å²) in [6.45, 7) is 2.24. The van der Waals surface area contributed by atoms with Crippen LogP contribution in [0.5, 0.6) is 0 Å². The lowest BCUT2D eigenvalue weighted by Gasteiger charge is -2.28. The van der Waals surface area contributed by atoms with Crippen LogP contribution in [-0.2, 0) is 0 Å². The molecule has 5 heteroatoms. The molecule has 114 valence electrons. The van der Waals surface area contributed by atoms with E-state index in [1.165, 1.54) is 24.9 Å². The van der Waals surface area contributed by atoms with Crippen molar-refractivity contribution in [2.24, 2.45) is 0 Å². The van der Waals surface area contributed by atoms with Gasteiger partial charge in [-0.1, -0.05) is 0 Å². The highest BCUT2D eigenvalue weighted by Gasteiger charge is 2.10. The number of piperidine rings is 1. The maximum Gasteiger partial charge on any atom is 0.323 e. The molecule has 2 amide bonds. The molecule has 1 aliphatic heterocycles. The Morgan fingerprint density at radius 3 is 2.36 bits per heavy atom. The van der Waals surface area contributed by atoms with Gasteiger partial charge >= 0.3 is 6.03 Å². The minimum Gasteiger partial charge on any atom is -0.372 e. The highest BCUT2D eigenvalue weighted by Crippen LogP contribution is 2.21. The zero-order valence-corrected chi connectivity index (χ0v) is 12.5. The number of hydrogen-bond donors (Lipinski definition) is 2. The van der Waals surface area contributed by atoms with Crippen molar-refractivity contribution < 1.29 is 4.79 Å². The Kier molecular flexibility index (Phi) is 4.53. The van der Waals surface area contributed by atoms with E-state index in [9.17, 15) is 4.79 Å². The molecule has 1 fully saturated rings. The smallest absolute Gasteiger partial charge is 0.323 e. The first-order valence-electron chi connectivity index (χ1n) is 7.64. The summed E-state index contributed by atoms with van der Waals surface area (Å²) < 4.78 is 0. The third kappa shape index (κ3) is 3.75. The predicted molar refractivity (Wildman–Crippen MR) is 89.4 cm³/mol. The van der Waals surface area contributed by atoms with Crippen LogP contribution in [0.1, 0.15) is 19.3 Å². The first-order valence-corrected chi connectivity index (χ1v) is 7.64. The maximum absolute atomic E-state index is 11.9. The van der Waals surface area contributed by atoms with E-state index in [2.05, 4.69) is 32.7 Å². The first kappa shape index (κ1) is 14.4. The fourth-order valence-corrected chi connectivity index (χ4v) is 2.64. The third-order valence-electron chi connectivity index (χ3n) is 3.77. The molecule has 2 N–H and O–H groups in total. The number of rotatable bonds is 3. The van der Waals surface area contributed by atoms with Gasteiger partial charge in [-0.3, -0.25) is 4.98 Å². The van der Waals surface area contributed by atoms with E-state index in [0.29, 0.717) is 5.69 Å². The first-order chi connectivity index (χ1) is 10.8. The number of carbonyl (C=O) groups is 1. The number of pyridine rings is 1. The molecule has 1 saturated heterocycles. The van der Waals surface area contributed by atoms with Crippen LogP contribution in [0.2, 0.25) is 0 Å². The van der Waals surface area contributed by atoms with Gasteiger partial charge in [0.1, 0.15) is 0 Å². The van der Waals surface area contributed by atoms with E-state index < -0.39 is 0 Å². The Morgan fingerprint density at radius 2 is 1.68 bits per heavy atom. The topological polar surface area (TPSA) is 57.3 Å². The molecule has 0 aliphatic carbocycles. The van der Waals surface area contributed by atoms with E-state index >= 15 is 0 Å². The summed E-state index contributed by atoms with van der Waals surface area (Å²) in [5, 5.41) is 5.57. The number of carbonyl (C=O) groups excluding carboxylic acids is 1. The summed E-state index contributed by atoms with van der Waals surface area (Å²) in [6, 6.07) is 11.3.